The van der Waals surface area contributed by atoms with Gasteiger partial charge in [0, 0.05) is 43.3 Å². The van der Waals surface area contributed by atoms with Gasteiger partial charge >= 0.3 is 0 Å². The number of furan rings is 1. The fourth-order valence-electron chi connectivity index (χ4n) is 3.27. The molecule has 2 N–H and O–H groups in total. The molecule has 0 spiro atoms. The molecule has 1 fully saturated rings. The van der Waals surface area contributed by atoms with Crippen molar-refractivity contribution in [2.75, 3.05) is 36.4 Å². The molecule has 0 unspecified atom stereocenters. The second kappa shape index (κ2) is 7.65. The van der Waals surface area contributed by atoms with E-state index >= 15 is 0 Å². The van der Waals surface area contributed by atoms with Crippen molar-refractivity contribution in [3.8, 4) is 0 Å². The molecule has 4 rings (SSSR count). The lowest BCUT2D eigenvalue weighted by Gasteiger charge is -2.17. The number of fused-ring (bicyclic) bond motifs is 1. The van der Waals surface area contributed by atoms with Gasteiger partial charge in [0.15, 0.2) is 5.76 Å². The summed E-state index contributed by atoms with van der Waals surface area (Å²) in [7, 11) is 0. The van der Waals surface area contributed by atoms with Crippen LogP contribution in [0.1, 0.15) is 29.1 Å². The Bertz CT molecular complexity index is 913. The van der Waals surface area contributed by atoms with Gasteiger partial charge in [-0.15, -0.1) is 0 Å². The van der Waals surface area contributed by atoms with Crippen molar-refractivity contribution < 1.29 is 9.21 Å². The normalized spacial score (nSPS) is 13.9. The minimum Gasteiger partial charge on any atom is -0.451 e. The number of aromatic nitrogens is 2. The quantitative estimate of drug-likeness (QED) is 0.654. The number of aryl methyl sites for hydroxylation is 1. The van der Waals surface area contributed by atoms with Crippen LogP contribution >= 0.6 is 0 Å². The van der Waals surface area contributed by atoms with E-state index in [1.54, 1.807) is 6.07 Å². The molecule has 3 aromatic rings. The number of hydrogen-bond acceptors (Lipinski definition) is 6. The van der Waals surface area contributed by atoms with E-state index in [0.717, 1.165) is 30.0 Å². The van der Waals surface area contributed by atoms with Crippen LogP contribution in [0.25, 0.3) is 11.0 Å². The largest absolute Gasteiger partial charge is 0.451 e. The summed E-state index contributed by atoms with van der Waals surface area (Å²) in [6, 6.07) is 11.3. The molecule has 1 aliphatic heterocycles. The lowest BCUT2D eigenvalue weighted by Crippen LogP contribution is -2.29. The van der Waals surface area contributed by atoms with E-state index in [9.17, 15) is 4.79 Å². The van der Waals surface area contributed by atoms with Crippen LogP contribution in [0.5, 0.6) is 0 Å². The average molecular weight is 365 g/mol. The summed E-state index contributed by atoms with van der Waals surface area (Å²) in [4.78, 5) is 23.5. The second-order valence-corrected chi connectivity index (χ2v) is 6.72. The van der Waals surface area contributed by atoms with Crippen LogP contribution in [-0.4, -0.2) is 42.1 Å². The molecule has 27 heavy (non-hydrogen) atoms. The summed E-state index contributed by atoms with van der Waals surface area (Å²) >= 11 is 0. The number of rotatable bonds is 6. The summed E-state index contributed by atoms with van der Waals surface area (Å²) in [6.07, 6.45) is 2.42. The van der Waals surface area contributed by atoms with Crippen molar-refractivity contribution in [3.05, 3.63) is 47.9 Å². The molecule has 0 aliphatic carbocycles. The molecule has 1 aromatic carbocycles. The summed E-state index contributed by atoms with van der Waals surface area (Å²) in [5, 5.41) is 6.96. The van der Waals surface area contributed by atoms with Gasteiger partial charge in [-0.25, -0.2) is 4.98 Å². The number of anilines is 2. The van der Waals surface area contributed by atoms with Gasteiger partial charge in [-0.3, -0.25) is 4.79 Å². The third kappa shape index (κ3) is 4.02. The van der Waals surface area contributed by atoms with Crippen molar-refractivity contribution in [3.63, 3.8) is 0 Å². The van der Waals surface area contributed by atoms with Gasteiger partial charge in [-0.1, -0.05) is 18.2 Å². The Kier molecular flexibility index (Phi) is 4.91. The van der Waals surface area contributed by atoms with Crippen molar-refractivity contribution >= 4 is 28.6 Å². The maximum absolute atomic E-state index is 12.2. The summed E-state index contributed by atoms with van der Waals surface area (Å²) in [6.45, 7) is 5.05. The Morgan fingerprint density at radius 1 is 1.15 bits per heavy atom. The minimum absolute atomic E-state index is 0.226. The summed E-state index contributed by atoms with van der Waals surface area (Å²) in [5.41, 5.74) is 1.64. The number of hydrogen-bond donors (Lipinski definition) is 2. The zero-order valence-electron chi connectivity index (χ0n) is 15.4. The topological polar surface area (TPSA) is 83.3 Å². The van der Waals surface area contributed by atoms with E-state index in [2.05, 4.69) is 25.5 Å². The van der Waals surface area contributed by atoms with Crippen LogP contribution in [0.15, 0.2) is 40.8 Å². The number of nitrogens with zero attached hydrogens (tertiary/aromatic N) is 3. The predicted molar refractivity (Wildman–Crippen MR) is 105 cm³/mol. The van der Waals surface area contributed by atoms with Crippen LogP contribution in [0.4, 0.5) is 11.8 Å². The fraction of sp³-hybridized carbons (Fsp3) is 0.350. The van der Waals surface area contributed by atoms with Crippen LogP contribution in [0.3, 0.4) is 0 Å². The first-order valence-electron chi connectivity index (χ1n) is 9.30. The molecule has 0 bridgehead atoms. The number of carbonyl (C=O) groups is 1. The third-order valence-electron chi connectivity index (χ3n) is 4.61. The highest BCUT2D eigenvalue weighted by Gasteiger charge is 2.15. The Labute approximate surface area is 157 Å². The van der Waals surface area contributed by atoms with Gasteiger partial charge in [0.25, 0.3) is 5.91 Å². The number of benzene rings is 1. The Morgan fingerprint density at radius 3 is 2.78 bits per heavy atom. The molecule has 140 valence electrons. The molecular formula is C20H23N5O2. The maximum Gasteiger partial charge on any atom is 0.287 e. The first kappa shape index (κ1) is 17.3. The number of nitrogens with one attached hydrogen (secondary N) is 2. The molecule has 1 saturated heterocycles. The second-order valence-electron chi connectivity index (χ2n) is 6.72. The van der Waals surface area contributed by atoms with Crippen molar-refractivity contribution in [2.24, 2.45) is 0 Å². The Balaban J connectivity index is 1.31. The van der Waals surface area contributed by atoms with E-state index in [-0.39, 0.29) is 5.91 Å². The molecule has 0 radical (unpaired) electrons. The molecule has 1 aliphatic rings. The SMILES string of the molecule is Cc1cc(N2CCCC2)nc(NCCNC(=O)c2cc3ccccc3o2)n1. The van der Waals surface area contributed by atoms with E-state index in [0.29, 0.717) is 30.4 Å². The average Bonchev–Trinajstić information content (AvgIpc) is 3.34. The van der Waals surface area contributed by atoms with Gasteiger partial charge < -0.3 is 20.0 Å². The molecule has 2 aromatic heterocycles. The van der Waals surface area contributed by atoms with Crippen LogP contribution in [0.2, 0.25) is 0 Å². The lowest BCUT2D eigenvalue weighted by atomic mass is 10.2. The van der Waals surface area contributed by atoms with Crippen LogP contribution in [-0.2, 0) is 0 Å². The third-order valence-corrected chi connectivity index (χ3v) is 4.61. The zero-order chi connectivity index (χ0) is 18.6. The summed E-state index contributed by atoms with van der Waals surface area (Å²) < 4.78 is 5.57. The maximum atomic E-state index is 12.2. The number of amides is 1. The highest BCUT2D eigenvalue weighted by molar-refractivity contribution is 5.96. The molecule has 0 atom stereocenters. The fourth-order valence-corrected chi connectivity index (χ4v) is 3.27. The van der Waals surface area contributed by atoms with Gasteiger partial charge in [-0.05, 0) is 31.9 Å². The smallest absolute Gasteiger partial charge is 0.287 e. The van der Waals surface area contributed by atoms with E-state index < -0.39 is 0 Å². The van der Waals surface area contributed by atoms with E-state index in [4.69, 9.17) is 4.42 Å². The van der Waals surface area contributed by atoms with E-state index in [1.165, 1.54) is 12.8 Å². The van der Waals surface area contributed by atoms with Crippen molar-refractivity contribution in [2.45, 2.75) is 19.8 Å². The molecule has 0 saturated carbocycles. The molecule has 1 amide bonds. The highest BCUT2D eigenvalue weighted by Crippen LogP contribution is 2.20. The Hall–Kier alpha value is -3.09. The highest BCUT2D eigenvalue weighted by atomic mass is 16.3. The Morgan fingerprint density at radius 2 is 1.96 bits per heavy atom. The van der Waals surface area contributed by atoms with E-state index in [1.807, 2.05) is 37.3 Å². The first-order chi connectivity index (χ1) is 13.2. The first-order valence-corrected chi connectivity index (χ1v) is 9.30. The van der Waals surface area contributed by atoms with Gasteiger partial charge in [0.2, 0.25) is 5.95 Å². The van der Waals surface area contributed by atoms with Gasteiger partial charge in [0.05, 0.1) is 0 Å². The predicted octanol–water partition coefficient (Wildman–Crippen LogP) is 2.97. The monoisotopic (exact) mass is 365 g/mol. The van der Waals surface area contributed by atoms with Crippen molar-refractivity contribution in [1.82, 2.24) is 15.3 Å². The lowest BCUT2D eigenvalue weighted by molar-refractivity contribution is 0.0929. The molecule has 7 nitrogen and oxygen atoms in total. The molecular weight excluding hydrogens is 342 g/mol. The van der Waals surface area contributed by atoms with Crippen molar-refractivity contribution in [1.29, 1.82) is 0 Å². The molecule has 7 heteroatoms. The van der Waals surface area contributed by atoms with Crippen LogP contribution in [0, 0.1) is 6.92 Å². The zero-order valence-corrected chi connectivity index (χ0v) is 15.4. The number of para-hydroxylation sites is 1. The van der Waals surface area contributed by atoms with Gasteiger partial charge in [-0.2, -0.15) is 4.98 Å². The van der Waals surface area contributed by atoms with Gasteiger partial charge in [0.1, 0.15) is 11.4 Å². The number of carbonyl (C=O) groups excluding carboxylic acids is 1. The standard InChI is InChI=1S/C20H23N5O2/c1-14-12-18(25-10-4-5-11-25)24-20(23-14)22-9-8-21-19(26)17-13-15-6-2-3-7-16(15)27-17/h2-3,6-7,12-13H,4-5,8-11H2,1H3,(H,21,26)(H,22,23,24). The van der Waals surface area contributed by atoms with Crippen LogP contribution < -0.4 is 15.5 Å². The minimum atomic E-state index is -0.226. The molecule has 3 heterocycles. The summed E-state index contributed by atoms with van der Waals surface area (Å²) in [5.74, 6) is 1.65.